The molecule has 0 fully saturated rings. The summed E-state index contributed by atoms with van der Waals surface area (Å²) >= 11 is 0. The highest BCUT2D eigenvalue weighted by molar-refractivity contribution is 5.89. The van der Waals surface area contributed by atoms with Crippen LogP contribution in [0.2, 0.25) is 0 Å². The first-order valence-electron chi connectivity index (χ1n) is 10.2. The lowest BCUT2D eigenvalue weighted by atomic mass is 10.1. The Hall–Kier alpha value is -3.69. The molecule has 4 aromatic rings. The lowest BCUT2D eigenvalue weighted by Gasteiger charge is -2.11. The summed E-state index contributed by atoms with van der Waals surface area (Å²) in [6.07, 6.45) is -0.975. The van der Waals surface area contributed by atoms with Crippen LogP contribution in [0.15, 0.2) is 54.9 Å². The first-order chi connectivity index (χ1) is 15.4. The minimum atomic E-state index is -4.49. The van der Waals surface area contributed by atoms with Crippen LogP contribution in [0.3, 0.4) is 0 Å². The number of alkyl halides is 3. The average Bonchev–Trinajstić information content (AvgIpc) is 3.17. The Bertz CT molecular complexity index is 1140. The summed E-state index contributed by atoms with van der Waals surface area (Å²) in [5.74, 6) is 0.821. The zero-order valence-electron chi connectivity index (χ0n) is 18.0. The molecule has 168 valence electrons. The van der Waals surface area contributed by atoms with Crippen LogP contribution >= 0.6 is 0 Å². The smallest absolute Gasteiger partial charge is 0.354 e. The first kappa shape index (κ1) is 23.0. The van der Waals surface area contributed by atoms with E-state index >= 15 is 0 Å². The van der Waals surface area contributed by atoms with E-state index in [4.69, 9.17) is 0 Å². The van der Waals surface area contributed by atoms with E-state index in [9.17, 15) is 13.2 Å². The van der Waals surface area contributed by atoms with Gasteiger partial charge in [0.1, 0.15) is 11.5 Å². The van der Waals surface area contributed by atoms with Crippen molar-refractivity contribution in [3.63, 3.8) is 0 Å². The fourth-order valence-corrected chi connectivity index (χ4v) is 2.93. The van der Waals surface area contributed by atoms with Crippen LogP contribution in [-0.4, -0.2) is 31.3 Å². The van der Waals surface area contributed by atoms with Crippen molar-refractivity contribution in [3.8, 4) is 0 Å². The molecule has 1 aromatic carbocycles. The molecule has 0 spiro atoms. The summed E-state index contributed by atoms with van der Waals surface area (Å²) in [4.78, 5) is 12.4. The molecular weight excluding hydrogens is 419 g/mol. The summed E-state index contributed by atoms with van der Waals surface area (Å²) in [5.41, 5.74) is 1.20. The lowest BCUT2D eigenvalue weighted by molar-refractivity contribution is -0.141. The van der Waals surface area contributed by atoms with Crippen LogP contribution in [0.25, 0.3) is 11.0 Å². The van der Waals surface area contributed by atoms with Crippen molar-refractivity contribution in [2.45, 2.75) is 26.4 Å². The van der Waals surface area contributed by atoms with Crippen LogP contribution in [0, 0.1) is 0 Å². The molecule has 0 unspecified atom stereocenters. The molecule has 0 saturated heterocycles. The lowest BCUT2D eigenvalue weighted by Crippen LogP contribution is -2.10. The summed E-state index contributed by atoms with van der Waals surface area (Å²) < 4.78 is 39.8. The minimum Gasteiger partial charge on any atom is -0.354 e. The molecule has 10 heteroatoms. The van der Waals surface area contributed by atoms with E-state index in [2.05, 4.69) is 30.7 Å². The molecule has 0 bridgehead atoms. The second kappa shape index (κ2) is 10.1. The van der Waals surface area contributed by atoms with Crippen LogP contribution in [-0.2, 0) is 19.6 Å². The molecule has 3 heterocycles. The van der Waals surface area contributed by atoms with Crippen molar-refractivity contribution in [2.24, 2.45) is 7.05 Å². The molecule has 4 rings (SSSR count). The van der Waals surface area contributed by atoms with Gasteiger partial charge in [0.2, 0.25) is 5.95 Å². The highest BCUT2D eigenvalue weighted by Crippen LogP contribution is 2.29. The summed E-state index contributed by atoms with van der Waals surface area (Å²) in [6.45, 7) is 4.62. The van der Waals surface area contributed by atoms with Crippen LogP contribution in [0.4, 0.5) is 30.6 Å². The van der Waals surface area contributed by atoms with Crippen molar-refractivity contribution < 1.29 is 13.2 Å². The Morgan fingerprint density at radius 1 is 0.969 bits per heavy atom. The maximum absolute atomic E-state index is 12.7. The molecule has 0 aliphatic carbocycles. The first-order valence-corrected chi connectivity index (χ1v) is 10.2. The third-order valence-electron chi connectivity index (χ3n) is 4.45. The van der Waals surface area contributed by atoms with Crippen LogP contribution in [0.1, 0.15) is 25.1 Å². The monoisotopic (exact) mass is 443 g/mol. The van der Waals surface area contributed by atoms with Crippen molar-refractivity contribution in [3.05, 3.63) is 66.1 Å². The quantitative estimate of drug-likeness (QED) is 0.426. The largest absolute Gasteiger partial charge is 0.433 e. The predicted octanol–water partition coefficient (Wildman–Crippen LogP) is 5.20. The second-order valence-corrected chi connectivity index (χ2v) is 6.62. The van der Waals surface area contributed by atoms with Gasteiger partial charge >= 0.3 is 6.18 Å². The maximum atomic E-state index is 12.7. The number of hydrogen-bond donors (Lipinski definition) is 2. The Kier molecular flexibility index (Phi) is 7.24. The number of nitrogens with zero attached hydrogens (tertiary/aromatic N) is 5. The molecule has 0 radical (unpaired) electrons. The van der Waals surface area contributed by atoms with Crippen molar-refractivity contribution >= 4 is 28.5 Å². The molecule has 0 aliphatic heterocycles. The number of anilines is 3. The van der Waals surface area contributed by atoms with Gasteiger partial charge in [-0.2, -0.15) is 28.2 Å². The number of benzene rings is 1. The third-order valence-corrected chi connectivity index (χ3v) is 4.45. The average molecular weight is 443 g/mol. The molecule has 3 aromatic heterocycles. The molecule has 0 amide bonds. The molecule has 2 N–H and O–H groups in total. The second-order valence-electron chi connectivity index (χ2n) is 6.62. The molecule has 32 heavy (non-hydrogen) atoms. The summed E-state index contributed by atoms with van der Waals surface area (Å²) in [7, 11) is 1.76. The highest BCUT2D eigenvalue weighted by Gasteiger charge is 2.32. The van der Waals surface area contributed by atoms with Gasteiger partial charge < -0.3 is 10.6 Å². The Morgan fingerprint density at radius 2 is 1.72 bits per heavy atom. The van der Waals surface area contributed by atoms with E-state index < -0.39 is 11.9 Å². The van der Waals surface area contributed by atoms with Gasteiger partial charge in [-0.25, -0.2) is 4.98 Å². The standard InChI is InChI=1S/C20H18F3N7.C2H6/c1-30-18-15(12-26-30)17(27-14-7-8-16(25-11-14)20(21,22)23)28-19(29-18)24-10-9-13-5-3-2-4-6-13;1-2/h2-8,11-12H,9-10H2,1H3,(H2,24,27,28,29);1-2H3. The van der Waals surface area contributed by atoms with Crippen molar-refractivity contribution in [1.82, 2.24) is 24.7 Å². The van der Waals surface area contributed by atoms with E-state index in [1.54, 1.807) is 17.9 Å². The van der Waals surface area contributed by atoms with Gasteiger partial charge in [-0.15, -0.1) is 0 Å². The summed E-state index contributed by atoms with van der Waals surface area (Å²) in [5, 5.41) is 11.0. The molecule has 0 atom stereocenters. The molecule has 0 saturated carbocycles. The zero-order valence-corrected chi connectivity index (χ0v) is 18.0. The number of halogens is 3. The van der Waals surface area contributed by atoms with E-state index in [1.165, 1.54) is 11.6 Å². The fraction of sp³-hybridized carbons (Fsp3) is 0.273. The molecule has 7 nitrogen and oxygen atoms in total. The highest BCUT2D eigenvalue weighted by atomic mass is 19.4. The van der Waals surface area contributed by atoms with E-state index in [1.807, 2.05) is 44.2 Å². The normalized spacial score (nSPS) is 11.1. The number of aromatic nitrogens is 5. The van der Waals surface area contributed by atoms with Gasteiger partial charge in [-0.05, 0) is 24.1 Å². The Balaban J connectivity index is 0.00000141. The van der Waals surface area contributed by atoms with Gasteiger partial charge in [-0.3, -0.25) is 4.68 Å². The van der Waals surface area contributed by atoms with E-state index in [0.29, 0.717) is 35.0 Å². The van der Waals surface area contributed by atoms with Crippen LogP contribution < -0.4 is 10.6 Å². The van der Waals surface area contributed by atoms with Gasteiger partial charge in [-0.1, -0.05) is 44.2 Å². The third kappa shape index (κ3) is 5.51. The maximum Gasteiger partial charge on any atom is 0.433 e. The summed E-state index contributed by atoms with van der Waals surface area (Å²) in [6, 6.07) is 12.2. The van der Waals surface area contributed by atoms with Gasteiger partial charge in [0.15, 0.2) is 5.65 Å². The van der Waals surface area contributed by atoms with Gasteiger partial charge in [0.25, 0.3) is 0 Å². The molecule has 0 aliphatic rings. The minimum absolute atomic E-state index is 0.377. The topological polar surface area (TPSA) is 80.5 Å². The van der Waals surface area contributed by atoms with Crippen molar-refractivity contribution in [1.29, 1.82) is 0 Å². The van der Waals surface area contributed by atoms with E-state index in [0.717, 1.165) is 18.7 Å². The Labute approximate surface area is 183 Å². The number of pyridine rings is 1. The van der Waals surface area contributed by atoms with Gasteiger partial charge in [0.05, 0.1) is 23.5 Å². The number of hydrogen-bond acceptors (Lipinski definition) is 6. The fourth-order valence-electron chi connectivity index (χ4n) is 2.93. The van der Waals surface area contributed by atoms with E-state index in [-0.39, 0.29) is 0 Å². The number of nitrogens with one attached hydrogen (secondary N) is 2. The number of rotatable bonds is 6. The predicted molar refractivity (Wildman–Crippen MR) is 119 cm³/mol. The number of aryl methyl sites for hydroxylation is 1. The number of fused-ring (bicyclic) bond motifs is 1. The SMILES string of the molecule is CC.Cn1ncc2c(Nc3ccc(C(F)(F)F)nc3)nc(NCCc3ccccc3)nc21. The van der Waals surface area contributed by atoms with Crippen LogP contribution in [0.5, 0.6) is 0 Å². The Morgan fingerprint density at radius 3 is 2.38 bits per heavy atom. The molecular formula is C22H24F3N7. The van der Waals surface area contributed by atoms with Gasteiger partial charge in [0, 0.05) is 13.6 Å². The van der Waals surface area contributed by atoms with Crippen molar-refractivity contribution in [2.75, 3.05) is 17.2 Å². The zero-order chi connectivity index (χ0) is 23.1.